The van der Waals surface area contributed by atoms with Gasteiger partial charge in [0.25, 0.3) is 0 Å². The predicted molar refractivity (Wildman–Crippen MR) is 107 cm³/mol. The number of halogens is 1. The average molecular weight is 429 g/mol. The van der Waals surface area contributed by atoms with Crippen molar-refractivity contribution in [3.63, 3.8) is 0 Å². The molecule has 1 N–H and O–H groups in total. The van der Waals surface area contributed by atoms with E-state index in [-0.39, 0.29) is 24.0 Å². The van der Waals surface area contributed by atoms with Crippen LogP contribution in [0.2, 0.25) is 0 Å². The van der Waals surface area contributed by atoms with Gasteiger partial charge in [0.05, 0.1) is 13.2 Å². The number of hydrogen-bond acceptors (Lipinski definition) is 2. The minimum atomic E-state index is 0. The van der Waals surface area contributed by atoms with Crippen molar-refractivity contribution in [1.82, 2.24) is 4.90 Å². The highest BCUT2D eigenvalue weighted by Gasteiger charge is 2.21. The van der Waals surface area contributed by atoms with Crippen molar-refractivity contribution in [3.8, 4) is 0 Å². The van der Waals surface area contributed by atoms with E-state index in [2.05, 4.69) is 34.5 Å². The molecule has 1 heterocycles. The molecular formula is C18H28IN3O. The molecule has 0 amide bonds. The summed E-state index contributed by atoms with van der Waals surface area (Å²) in [6, 6.07) is 10.3. The van der Waals surface area contributed by atoms with E-state index in [9.17, 15) is 0 Å². The number of nitrogens with one attached hydrogen (secondary N) is 1. The van der Waals surface area contributed by atoms with Crippen molar-refractivity contribution < 1.29 is 4.74 Å². The van der Waals surface area contributed by atoms with E-state index in [1.807, 2.05) is 6.07 Å². The molecule has 2 fully saturated rings. The van der Waals surface area contributed by atoms with Crippen LogP contribution in [-0.2, 0) is 4.74 Å². The van der Waals surface area contributed by atoms with Crippen LogP contribution < -0.4 is 5.32 Å². The Morgan fingerprint density at radius 1 is 1.13 bits per heavy atom. The van der Waals surface area contributed by atoms with Gasteiger partial charge in [0.1, 0.15) is 0 Å². The van der Waals surface area contributed by atoms with Crippen LogP contribution in [0.25, 0.3) is 0 Å². The molecule has 1 saturated carbocycles. The molecule has 4 nitrogen and oxygen atoms in total. The van der Waals surface area contributed by atoms with Crippen molar-refractivity contribution >= 4 is 35.6 Å². The maximum Gasteiger partial charge on any atom is 0.198 e. The first kappa shape index (κ1) is 18.5. The Balaban J connectivity index is 0.00000192. The van der Waals surface area contributed by atoms with Gasteiger partial charge in [-0.1, -0.05) is 18.2 Å². The van der Waals surface area contributed by atoms with Gasteiger partial charge in [0.15, 0.2) is 5.96 Å². The van der Waals surface area contributed by atoms with Gasteiger partial charge < -0.3 is 15.0 Å². The first-order valence-electron chi connectivity index (χ1n) is 8.61. The van der Waals surface area contributed by atoms with Crippen molar-refractivity contribution in [2.75, 3.05) is 38.2 Å². The molecule has 0 atom stereocenters. The fraction of sp³-hybridized carbons (Fsp3) is 0.611. The molecule has 1 aromatic rings. The third-order valence-corrected chi connectivity index (χ3v) is 4.23. The largest absolute Gasteiger partial charge is 0.379 e. The zero-order chi connectivity index (χ0) is 15.0. The number of likely N-dealkylation sites (tertiary alicyclic amines) is 1. The minimum absolute atomic E-state index is 0. The highest BCUT2D eigenvalue weighted by atomic mass is 127. The topological polar surface area (TPSA) is 36.9 Å². The second kappa shape index (κ2) is 10.1. The van der Waals surface area contributed by atoms with E-state index < -0.39 is 0 Å². The first-order valence-corrected chi connectivity index (χ1v) is 8.61. The Hall–Kier alpha value is -0.820. The van der Waals surface area contributed by atoms with Crippen LogP contribution in [0.15, 0.2) is 35.3 Å². The molecular weight excluding hydrogens is 401 g/mol. The van der Waals surface area contributed by atoms with E-state index in [1.165, 1.54) is 32.1 Å². The maximum atomic E-state index is 5.69. The van der Waals surface area contributed by atoms with E-state index in [0.717, 1.165) is 50.4 Å². The second-order valence-electron chi connectivity index (χ2n) is 6.26. The van der Waals surface area contributed by atoms with Crippen LogP contribution in [0.5, 0.6) is 0 Å². The van der Waals surface area contributed by atoms with Gasteiger partial charge in [-0.3, -0.25) is 4.99 Å². The van der Waals surface area contributed by atoms with Gasteiger partial charge in [-0.2, -0.15) is 0 Å². The van der Waals surface area contributed by atoms with Crippen LogP contribution in [0.4, 0.5) is 5.69 Å². The third-order valence-electron chi connectivity index (χ3n) is 4.23. The summed E-state index contributed by atoms with van der Waals surface area (Å²) in [5, 5.41) is 3.48. The SMILES string of the molecule is I.c1ccc(NC(=NCCOCC2CC2)N2CCCCC2)cc1. The number of piperidine rings is 1. The lowest BCUT2D eigenvalue weighted by atomic mass is 10.1. The lowest BCUT2D eigenvalue weighted by Gasteiger charge is -2.30. The van der Waals surface area contributed by atoms with Crippen molar-refractivity contribution in [2.24, 2.45) is 10.9 Å². The monoisotopic (exact) mass is 429 g/mol. The quantitative estimate of drug-likeness (QED) is 0.322. The Kier molecular flexibility index (Phi) is 8.16. The summed E-state index contributed by atoms with van der Waals surface area (Å²) in [4.78, 5) is 7.14. The third kappa shape index (κ3) is 6.67. The Labute approximate surface area is 156 Å². The summed E-state index contributed by atoms with van der Waals surface area (Å²) >= 11 is 0. The normalized spacial score (nSPS) is 18.4. The van der Waals surface area contributed by atoms with Crippen LogP contribution in [0.3, 0.4) is 0 Å². The summed E-state index contributed by atoms with van der Waals surface area (Å²) in [6.45, 7) is 4.58. The molecule has 2 aliphatic rings. The minimum Gasteiger partial charge on any atom is -0.379 e. The van der Waals surface area contributed by atoms with Crippen LogP contribution >= 0.6 is 24.0 Å². The van der Waals surface area contributed by atoms with Crippen molar-refractivity contribution in [2.45, 2.75) is 32.1 Å². The molecule has 3 rings (SSSR count). The van der Waals surface area contributed by atoms with E-state index in [1.54, 1.807) is 0 Å². The Bertz CT molecular complexity index is 470. The summed E-state index contributed by atoms with van der Waals surface area (Å²) in [6.07, 6.45) is 6.54. The highest BCUT2D eigenvalue weighted by molar-refractivity contribution is 14.0. The van der Waals surface area contributed by atoms with Crippen LogP contribution in [-0.4, -0.2) is 43.7 Å². The van der Waals surface area contributed by atoms with Gasteiger partial charge in [0, 0.05) is 25.4 Å². The molecule has 0 unspecified atom stereocenters. The molecule has 1 aliphatic heterocycles. The van der Waals surface area contributed by atoms with E-state index in [4.69, 9.17) is 9.73 Å². The summed E-state index contributed by atoms with van der Waals surface area (Å²) in [7, 11) is 0. The number of anilines is 1. The second-order valence-corrected chi connectivity index (χ2v) is 6.26. The van der Waals surface area contributed by atoms with Crippen molar-refractivity contribution in [1.29, 1.82) is 0 Å². The molecule has 1 aliphatic carbocycles. The van der Waals surface area contributed by atoms with Gasteiger partial charge in [-0.05, 0) is 50.2 Å². The molecule has 128 valence electrons. The lowest BCUT2D eigenvalue weighted by molar-refractivity contribution is 0.131. The number of guanidine groups is 1. The molecule has 23 heavy (non-hydrogen) atoms. The molecule has 0 spiro atoms. The van der Waals surface area contributed by atoms with Gasteiger partial charge in [-0.25, -0.2) is 0 Å². The number of nitrogens with zero attached hydrogens (tertiary/aromatic N) is 2. The smallest absolute Gasteiger partial charge is 0.198 e. The fourth-order valence-electron chi connectivity index (χ4n) is 2.73. The molecule has 5 heteroatoms. The standard InChI is InChI=1S/C18H27N3O.HI/c1-3-7-17(8-4-1)20-18(21-12-5-2-6-13-21)19-11-14-22-15-16-9-10-16;/h1,3-4,7-8,16H,2,5-6,9-15H2,(H,19,20);1H. The zero-order valence-electron chi connectivity index (χ0n) is 13.7. The lowest BCUT2D eigenvalue weighted by Crippen LogP contribution is -2.40. The summed E-state index contributed by atoms with van der Waals surface area (Å²) in [5.41, 5.74) is 1.10. The van der Waals surface area contributed by atoms with E-state index >= 15 is 0 Å². The van der Waals surface area contributed by atoms with Crippen LogP contribution in [0.1, 0.15) is 32.1 Å². The predicted octanol–water partition coefficient (Wildman–Crippen LogP) is 3.99. The molecule has 1 saturated heterocycles. The maximum absolute atomic E-state index is 5.69. The summed E-state index contributed by atoms with van der Waals surface area (Å²) in [5.74, 6) is 1.83. The van der Waals surface area contributed by atoms with Gasteiger partial charge in [-0.15, -0.1) is 24.0 Å². The van der Waals surface area contributed by atoms with E-state index in [0.29, 0.717) is 0 Å². The number of benzene rings is 1. The molecule has 0 aromatic heterocycles. The number of rotatable bonds is 6. The fourth-order valence-corrected chi connectivity index (χ4v) is 2.73. The van der Waals surface area contributed by atoms with Gasteiger partial charge >= 0.3 is 0 Å². The molecule has 0 bridgehead atoms. The van der Waals surface area contributed by atoms with Gasteiger partial charge in [0.2, 0.25) is 0 Å². The number of aliphatic imine (C=N–C) groups is 1. The first-order chi connectivity index (χ1) is 10.9. The number of ether oxygens (including phenoxy) is 1. The van der Waals surface area contributed by atoms with Crippen LogP contribution in [0, 0.1) is 5.92 Å². The number of para-hydroxylation sites is 1. The zero-order valence-corrected chi connectivity index (χ0v) is 16.1. The Morgan fingerprint density at radius 3 is 2.57 bits per heavy atom. The Morgan fingerprint density at radius 2 is 1.87 bits per heavy atom. The van der Waals surface area contributed by atoms with Crippen molar-refractivity contribution in [3.05, 3.63) is 30.3 Å². The average Bonchev–Trinajstić information content (AvgIpc) is 3.39. The molecule has 0 radical (unpaired) electrons. The number of hydrogen-bond donors (Lipinski definition) is 1. The highest BCUT2D eigenvalue weighted by Crippen LogP contribution is 2.28. The molecule has 1 aromatic carbocycles. The summed E-state index contributed by atoms with van der Waals surface area (Å²) < 4.78 is 5.69.